The summed E-state index contributed by atoms with van der Waals surface area (Å²) < 4.78 is 42.0. The van der Waals surface area contributed by atoms with Crippen molar-refractivity contribution in [1.29, 1.82) is 0 Å². The molecule has 0 atom stereocenters. The highest BCUT2D eigenvalue weighted by molar-refractivity contribution is 5.89. The molecular weight excluding hydrogens is 538 g/mol. The molecule has 0 bridgehead atoms. The zero-order valence-corrected chi connectivity index (χ0v) is 24.4. The minimum atomic E-state index is -2.71. The highest BCUT2D eigenvalue weighted by Gasteiger charge is 2.28. The molecule has 216 valence electrons. The van der Waals surface area contributed by atoms with Gasteiger partial charge in [-0.15, -0.1) is 0 Å². The van der Waals surface area contributed by atoms with E-state index >= 15 is 0 Å². The van der Waals surface area contributed by atoms with E-state index in [0.717, 1.165) is 5.56 Å². The molecule has 0 unspecified atom stereocenters. The van der Waals surface area contributed by atoms with Crippen LogP contribution in [0.2, 0.25) is 0 Å². The zero-order chi connectivity index (χ0) is 29.9. The Morgan fingerprint density at radius 2 is 1.69 bits per heavy atom. The Morgan fingerprint density at radius 1 is 0.952 bits per heavy atom. The molecule has 0 radical (unpaired) electrons. The van der Waals surface area contributed by atoms with Crippen LogP contribution in [0.3, 0.4) is 0 Å². The summed E-state index contributed by atoms with van der Waals surface area (Å²) in [5.74, 6) is 1.20. The summed E-state index contributed by atoms with van der Waals surface area (Å²) in [4.78, 5) is 18.0. The predicted octanol–water partition coefficient (Wildman–Crippen LogP) is 6.43. The van der Waals surface area contributed by atoms with Crippen molar-refractivity contribution in [2.45, 2.75) is 39.2 Å². The molecule has 0 spiro atoms. The van der Waals surface area contributed by atoms with Crippen molar-refractivity contribution in [3.05, 3.63) is 94.4 Å². The van der Waals surface area contributed by atoms with Crippen LogP contribution in [0.4, 0.5) is 8.78 Å². The molecule has 0 fully saturated rings. The Morgan fingerprint density at radius 3 is 2.33 bits per heavy atom. The Hall–Kier alpha value is -4.73. The number of ether oxygens (including phenoxy) is 1. The first-order chi connectivity index (χ1) is 19.9. The van der Waals surface area contributed by atoms with Gasteiger partial charge in [0, 0.05) is 49.9 Å². The van der Waals surface area contributed by atoms with E-state index in [0.29, 0.717) is 57.1 Å². The van der Waals surface area contributed by atoms with Gasteiger partial charge in [0.15, 0.2) is 0 Å². The van der Waals surface area contributed by atoms with Crippen LogP contribution in [0.25, 0.3) is 38.9 Å². The first-order valence-corrected chi connectivity index (χ1v) is 13.6. The number of fused-ring (bicyclic) bond motifs is 2. The summed E-state index contributed by atoms with van der Waals surface area (Å²) >= 11 is 0. The largest absolute Gasteiger partial charge is 0.487 e. The number of aryl methyl sites for hydroxylation is 3. The first-order valence-electron chi connectivity index (χ1n) is 13.6. The van der Waals surface area contributed by atoms with Gasteiger partial charge in [-0.1, -0.05) is 51.1 Å². The van der Waals surface area contributed by atoms with E-state index in [2.05, 4.69) is 5.10 Å². The van der Waals surface area contributed by atoms with Gasteiger partial charge in [-0.25, -0.2) is 18.6 Å². The van der Waals surface area contributed by atoms with Crippen LogP contribution in [-0.2, 0) is 33.2 Å². The second-order valence-corrected chi connectivity index (χ2v) is 11.6. The van der Waals surface area contributed by atoms with E-state index in [1.807, 2.05) is 67.8 Å². The molecule has 0 N–H and O–H groups in total. The van der Waals surface area contributed by atoms with Crippen molar-refractivity contribution in [2.75, 3.05) is 0 Å². The summed E-state index contributed by atoms with van der Waals surface area (Å²) in [6.07, 6.45) is 0.581. The zero-order valence-electron chi connectivity index (χ0n) is 24.4. The molecule has 0 amide bonds. The van der Waals surface area contributed by atoms with Gasteiger partial charge in [0.1, 0.15) is 23.7 Å². The van der Waals surface area contributed by atoms with Crippen LogP contribution in [-0.4, -0.2) is 28.5 Å². The summed E-state index contributed by atoms with van der Waals surface area (Å²) in [7, 11) is 5.17. The van der Waals surface area contributed by atoms with Gasteiger partial charge in [0.25, 0.3) is 6.43 Å². The summed E-state index contributed by atoms with van der Waals surface area (Å²) in [6.45, 7) is 6.39. The van der Waals surface area contributed by atoms with Gasteiger partial charge in [0.2, 0.25) is 0 Å². The highest BCUT2D eigenvalue weighted by Crippen LogP contribution is 2.39. The van der Waals surface area contributed by atoms with Crippen LogP contribution >= 0.6 is 0 Å². The fourth-order valence-electron chi connectivity index (χ4n) is 5.47. The van der Waals surface area contributed by atoms with Crippen molar-refractivity contribution < 1.29 is 13.5 Å². The molecule has 0 aliphatic heterocycles. The maximum absolute atomic E-state index is 14.5. The number of nitrogens with zero attached hydrogens (tertiary/aromatic N) is 6. The smallest absolute Gasteiger partial charge is 0.328 e. The van der Waals surface area contributed by atoms with Crippen molar-refractivity contribution >= 4 is 22.1 Å². The molecule has 3 aromatic carbocycles. The third kappa shape index (κ3) is 4.56. The lowest BCUT2D eigenvalue weighted by Gasteiger charge is -2.21. The molecule has 0 saturated carbocycles. The van der Waals surface area contributed by atoms with E-state index in [-0.39, 0.29) is 11.3 Å². The standard InChI is InChI=1S/C32H32F2N6O2/c1-32(2,3)30-36-24-14-22(20-16-35-37(4)17-20)23(29(33)34)15-25(24)40(30)21-12-26-28(39(6)31(41)38(26)5)27(13-21)42-18-19-10-8-7-9-11-19/h7-17,29H,18H2,1-6H3. The monoisotopic (exact) mass is 570 g/mol. The average molecular weight is 571 g/mol. The number of aromatic nitrogens is 6. The second-order valence-electron chi connectivity index (χ2n) is 11.6. The molecule has 3 heterocycles. The van der Waals surface area contributed by atoms with Crippen LogP contribution in [0.5, 0.6) is 5.75 Å². The van der Waals surface area contributed by atoms with Crippen LogP contribution in [0.1, 0.15) is 44.1 Å². The minimum absolute atomic E-state index is 0.106. The quantitative estimate of drug-likeness (QED) is 0.231. The Bertz CT molecular complexity index is 2010. The fourth-order valence-corrected chi connectivity index (χ4v) is 5.47. The lowest BCUT2D eigenvalue weighted by atomic mass is 9.95. The number of alkyl halides is 2. The van der Waals surface area contributed by atoms with Gasteiger partial charge in [-0.3, -0.25) is 18.4 Å². The Balaban J connectivity index is 1.63. The van der Waals surface area contributed by atoms with E-state index in [4.69, 9.17) is 9.72 Å². The number of hydrogen-bond acceptors (Lipinski definition) is 4. The summed E-state index contributed by atoms with van der Waals surface area (Å²) in [5, 5.41) is 4.18. The molecule has 6 aromatic rings. The summed E-state index contributed by atoms with van der Waals surface area (Å²) in [5.41, 5.74) is 4.31. The number of hydrogen-bond donors (Lipinski definition) is 0. The minimum Gasteiger partial charge on any atom is -0.487 e. The molecular formula is C32H32F2N6O2. The maximum Gasteiger partial charge on any atom is 0.328 e. The molecule has 42 heavy (non-hydrogen) atoms. The lowest BCUT2D eigenvalue weighted by Crippen LogP contribution is -2.19. The SMILES string of the molecule is Cn1cc(-c2cc3nc(C(C)(C)C)n(-c4cc(OCc5ccccc5)c5c(c4)n(C)c(=O)n5C)c3cc2C(F)F)cn1. The van der Waals surface area contributed by atoms with Gasteiger partial charge in [-0.2, -0.15) is 5.10 Å². The van der Waals surface area contributed by atoms with Crippen molar-refractivity contribution in [2.24, 2.45) is 21.1 Å². The van der Waals surface area contributed by atoms with E-state index < -0.39 is 11.8 Å². The molecule has 8 nitrogen and oxygen atoms in total. The molecule has 10 heteroatoms. The van der Waals surface area contributed by atoms with Gasteiger partial charge >= 0.3 is 5.69 Å². The highest BCUT2D eigenvalue weighted by atomic mass is 19.3. The van der Waals surface area contributed by atoms with E-state index in [9.17, 15) is 13.6 Å². The van der Waals surface area contributed by atoms with Crippen molar-refractivity contribution in [3.63, 3.8) is 0 Å². The topological polar surface area (TPSA) is 71.8 Å². The van der Waals surface area contributed by atoms with E-state index in [1.165, 1.54) is 6.07 Å². The van der Waals surface area contributed by atoms with E-state index in [1.54, 1.807) is 53.4 Å². The van der Waals surface area contributed by atoms with Crippen molar-refractivity contribution in [3.8, 4) is 22.6 Å². The number of benzene rings is 3. The number of imidazole rings is 2. The normalized spacial score (nSPS) is 12.2. The van der Waals surface area contributed by atoms with Gasteiger partial charge in [-0.05, 0) is 29.3 Å². The third-order valence-electron chi connectivity index (χ3n) is 7.55. The van der Waals surface area contributed by atoms with Crippen LogP contribution in [0, 0.1) is 0 Å². The van der Waals surface area contributed by atoms with Crippen molar-refractivity contribution in [1.82, 2.24) is 28.5 Å². The first kappa shape index (κ1) is 27.4. The average Bonchev–Trinajstić information content (AvgIpc) is 3.62. The lowest BCUT2D eigenvalue weighted by molar-refractivity contribution is 0.152. The van der Waals surface area contributed by atoms with Gasteiger partial charge < -0.3 is 4.74 Å². The maximum atomic E-state index is 14.5. The van der Waals surface area contributed by atoms with Gasteiger partial charge in [0.05, 0.1) is 28.4 Å². The Labute approximate surface area is 241 Å². The molecule has 0 saturated heterocycles. The molecule has 3 aromatic heterocycles. The number of rotatable bonds is 6. The Kier molecular flexibility index (Phi) is 6.51. The third-order valence-corrected chi connectivity index (χ3v) is 7.55. The molecule has 0 aliphatic rings. The van der Waals surface area contributed by atoms with Crippen LogP contribution < -0.4 is 10.4 Å². The molecule has 0 aliphatic carbocycles. The molecule has 6 rings (SSSR count). The van der Waals surface area contributed by atoms with Crippen LogP contribution in [0.15, 0.2) is 71.8 Å². The summed E-state index contributed by atoms with van der Waals surface area (Å²) in [6, 6.07) is 16.7. The fraction of sp³-hybridized carbons (Fsp3) is 0.281. The predicted molar refractivity (Wildman–Crippen MR) is 159 cm³/mol. The number of halogens is 2. The second kappa shape index (κ2) is 9.97.